The third-order valence-electron chi connectivity index (χ3n) is 29.2. The van der Waals surface area contributed by atoms with Crippen molar-refractivity contribution in [3.8, 4) is 106 Å². The van der Waals surface area contributed by atoms with Gasteiger partial charge in [0.2, 0.25) is 0 Å². The number of para-hydroxylation sites is 10. The molecule has 0 amide bonds. The molecule has 0 saturated heterocycles. The molecule has 0 aliphatic heterocycles. The van der Waals surface area contributed by atoms with Gasteiger partial charge in [0.05, 0.1) is 55.2 Å². The van der Waals surface area contributed by atoms with Crippen LogP contribution >= 0.6 is 0 Å². The number of aromatic nitrogens is 5. The van der Waals surface area contributed by atoms with Crippen molar-refractivity contribution >= 4 is 164 Å². The molecule has 143 heavy (non-hydrogen) atoms. The average molecular weight is 1820 g/mol. The number of furan rings is 2. The summed E-state index contributed by atoms with van der Waals surface area (Å²) in [5, 5.41) is 19.6. The van der Waals surface area contributed by atoms with Gasteiger partial charge in [-0.1, -0.05) is 346 Å². The molecule has 0 fully saturated rings. The van der Waals surface area contributed by atoms with Gasteiger partial charge in [-0.2, -0.15) is 0 Å². The normalized spacial score (nSPS) is 11.8. The predicted octanol–water partition coefficient (Wildman–Crippen LogP) is 37.2. The molecule has 7 heteroatoms. The molecule has 30 rings (SSSR count). The Hall–Kier alpha value is -19.1. The van der Waals surface area contributed by atoms with Crippen molar-refractivity contribution in [2.45, 2.75) is 0 Å². The lowest BCUT2D eigenvalue weighted by molar-refractivity contribution is 0.669. The van der Waals surface area contributed by atoms with E-state index >= 15 is 0 Å². The number of hydrogen-bond acceptors (Lipinski definition) is 2. The van der Waals surface area contributed by atoms with E-state index in [9.17, 15) is 0 Å². The summed E-state index contributed by atoms with van der Waals surface area (Å²) < 4.78 is 24.6. The summed E-state index contributed by atoms with van der Waals surface area (Å²) in [5.74, 6) is 0. The summed E-state index contributed by atoms with van der Waals surface area (Å²) in [4.78, 5) is 0. The maximum atomic E-state index is 6.59. The van der Waals surface area contributed by atoms with Crippen molar-refractivity contribution in [2.24, 2.45) is 0 Å². The molecule has 0 bridgehead atoms. The van der Waals surface area contributed by atoms with Gasteiger partial charge in [-0.3, -0.25) is 0 Å². The summed E-state index contributed by atoms with van der Waals surface area (Å²) >= 11 is 0. The Kier molecular flexibility index (Phi) is 19.5. The maximum absolute atomic E-state index is 6.59. The Labute approximate surface area is 823 Å². The van der Waals surface area contributed by atoms with Gasteiger partial charge < -0.3 is 31.7 Å². The van der Waals surface area contributed by atoms with Crippen LogP contribution in [0.5, 0.6) is 0 Å². The Morgan fingerprint density at radius 3 is 0.888 bits per heavy atom. The Bertz CT molecular complexity index is 9980. The molecule has 0 spiro atoms. The van der Waals surface area contributed by atoms with Gasteiger partial charge in [0.15, 0.2) is 0 Å². The summed E-state index contributed by atoms with van der Waals surface area (Å²) in [6.45, 7) is 0. The highest BCUT2D eigenvalue weighted by atomic mass is 16.3. The first kappa shape index (κ1) is 82.2. The fourth-order valence-corrected chi connectivity index (χ4v) is 22.5. The molecule has 23 aromatic carbocycles. The van der Waals surface area contributed by atoms with Crippen LogP contribution in [-0.4, -0.2) is 22.8 Å². The molecular formula is C136H87N5O2. The fraction of sp³-hybridized carbons (Fsp3) is 0. The van der Waals surface area contributed by atoms with Crippen LogP contribution in [0.1, 0.15) is 0 Å². The summed E-state index contributed by atoms with van der Waals surface area (Å²) in [5.41, 5.74) is 38.0. The zero-order chi connectivity index (χ0) is 94.1. The average Bonchev–Trinajstić information content (AvgIpc) is 1.59. The van der Waals surface area contributed by atoms with Crippen LogP contribution in [0, 0.1) is 0 Å². The predicted molar refractivity (Wildman–Crippen MR) is 601 cm³/mol. The van der Waals surface area contributed by atoms with Gasteiger partial charge in [0, 0.05) is 109 Å². The molecule has 0 N–H and O–H groups in total. The van der Waals surface area contributed by atoms with E-state index in [1.54, 1.807) is 0 Å². The van der Waals surface area contributed by atoms with E-state index in [2.05, 4.69) is 532 Å². The van der Waals surface area contributed by atoms with E-state index in [0.29, 0.717) is 0 Å². The summed E-state index contributed by atoms with van der Waals surface area (Å²) in [6, 6.07) is 190. The number of benzene rings is 23. The molecule has 0 radical (unpaired) electrons. The van der Waals surface area contributed by atoms with Gasteiger partial charge in [-0.15, -0.1) is 0 Å². The maximum Gasteiger partial charge on any atom is 0.143 e. The van der Waals surface area contributed by atoms with E-state index < -0.39 is 0 Å². The lowest BCUT2D eigenvalue weighted by Crippen LogP contribution is -1.96. The Morgan fingerprint density at radius 1 is 0.119 bits per heavy atom. The number of fused-ring (bicyclic) bond motifs is 22. The van der Waals surface area contributed by atoms with Crippen molar-refractivity contribution in [3.63, 3.8) is 0 Å². The second kappa shape index (κ2) is 34.0. The third-order valence-corrected chi connectivity index (χ3v) is 29.2. The second-order valence-corrected chi connectivity index (χ2v) is 37.3. The quantitative estimate of drug-likeness (QED) is 0.122. The SMILES string of the molecule is c1cc(-c2ccc3ccccc3c2)cc(-n2c3ccccc3c3cc(-c4ccc5oc6ccccc6c5c4)ccc32)c1.c1ccc(-c2cc(-c3ccccc3)cc(-n3c4ccc(-c5ccc6c(c5)c5ccccc5n6-c5ccccc5)cc4c4cc(-c5cccc6c5oc5ccccc56)ccc43)c2)cc1.c1ccc2c(c1)c1ccccc1n2-c1ccc(-c2ccc(-n3c4ccccc4c4ccccc43)cc2)cc1. The number of rotatable bonds is 12. The molecule has 668 valence electrons. The molecule has 0 aliphatic carbocycles. The monoisotopic (exact) mass is 1820 g/mol. The van der Waals surface area contributed by atoms with E-state index in [1.807, 2.05) is 18.2 Å². The Balaban J connectivity index is 0.000000109. The Morgan fingerprint density at radius 2 is 0.399 bits per heavy atom. The smallest absolute Gasteiger partial charge is 0.143 e. The molecule has 7 heterocycles. The van der Waals surface area contributed by atoms with Crippen LogP contribution in [0.25, 0.3) is 270 Å². The molecule has 0 aliphatic rings. The van der Waals surface area contributed by atoms with Crippen molar-refractivity contribution < 1.29 is 8.83 Å². The minimum atomic E-state index is 0.902. The molecule has 0 atom stereocenters. The van der Waals surface area contributed by atoms with Gasteiger partial charge in [0.1, 0.15) is 22.3 Å². The lowest BCUT2D eigenvalue weighted by Gasteiger charge is -2.14. The van der Waals surface area contributed by atoms with E-state index in [4.69, 9.17) is 8.83 Å². The van der Waals surface area contributed by atoms with Crippen LogP contribution in [0.3, 0.4) is 0 Å². The topological polar surface area (TPSA) is 50.9 Å². The van der Waals surface area contributed by atoms with E-state index in [-0.39, 0.29) is 0 Å². The first-order valence-electron chi connectivity index (χ1n) is 49.0. The minimum Gasteiger partial charge on any atom is -0.456 e. The molecule has 7 aromatic heterocycles. The largest absolute Gasteiger partial charge is 0.456 e. The van der Waals surface area contributed by atoms with Crippen LogP contribution in [0.2, 0.25) is 0 Å². The van der Waals surface area contributed by atoms with Crippen LogP contribution < -0.4 is 0 Å². The second-order valence-electron chi connectivity index (χ2n) is 37.3. The first-order chi connectivity index (χ1) is 70.9. The molecule has 7 nitrogen and oxygen atoms in total. The third kappa shape index (κ3) is 14.0. The van der Waals surface area contributed by atoms with Crippen molar-refractivity contribution in [1.82, 2.24) is 22.8 Å². The van der Waals surface area contributed by atoms with Crippen molar-refractivity contribution in [2.75, 3.05) is 0 Å². The van der Waals surface area contributed by atoms with E-state index in [1.165, 1.54) is 187 Å². The lowest BCUT2D eigenvalue weighted by atomic mass is 9.98. The molecular weight excluding hydrogens is 1740 g/mol. The summed E-state index contributed by atoms with van der Waals surface area (Å²) in [7, 11) is 0. The van der Waals surface area contributed by atoms with Gasteiger partial charge >= 0.3 is 0 Å². The minimum absolute atomic E-state index is 0.902. The standard InChI is InChI=1S/C60H38N2O.C40H25NO.C36H24N2/c1-4-15-39(16-5-1)44-33-45(40-17-6-2-7-18-40)35-47(34-44)62-57-31-28-42(41-27-30-56-52(36-41)49-21-10-12-25-55(49)61(56)46-19-8-3-9-20-46)37-53(57)54-38-43(29-32-58(54)62)48-23-14-24-51-50-22-11-13-26-59(50)63-60(48)51;1-2-9-27-22-29(17-16-26(27)8-1)28-10-7-11-32(23-28)41-37-14-5-3-12-33(37)35-24-30(18-20-38(35)41)31-19-21-40-36(25-31)34-13-4-6-15-39(34)42-40;1-5-13-33-29(9-1)30-10-2-6-14-34(30)37(33)27-21-17-25(18-22-27)26-19-23-28(24-20-26)38-35-15-7-3-11-31(35)32-12-4-8-16-36(32)38/h1-38H;1-25H;1-24H. The van der Waals surface area contributed by atoms with Crippen LogP contribution in [-0.2, 0) is 0 Å². The number of hydrogen-bond donors (Lipinski definition) is 0. The van der Waals surface area contributed by atoms with Crippen molar-refractivity contribution in [3.05, 3.63) is 528 Å². The molecule has 0 saturated carbocycles. The molecule has 0 unspecified atom stereocenters. The summed E-state index contributed by atoms with van der Waals surface area (Å²) in [6.07, 6.45) is 0. The van der Waals surface area contributed by atoms with Gasteiger partial charge in [0.25, 0.3) is 0 Å². The van der Waals surface area contributed by atoms with Gasteiger partial charge in [-0.25, -0.2) is 0 Å². The van der Waals surface area contributed by atoms with Crippen LogP contribution in [0.4, 0.5) is 0 Å². The van der Waals surface area contributed by atoms with Crippen molar-refractivity contribution in [1.29, 1.82) is 0 Å². The van der Waals surface area contributed by atoms with Crippen LogP contribution in [0.15, 0.2) is 537 Å². The fourth-order valence-electron chi connectivity index (χ4n) is 22.5. The molecule has 30 aromatic rings. The van der Waals surface area contributed by atoms with E-state index in [0.717, 1.165) is 83.1 Å². The highest BCUT2D eigenvalue weighted by Crippen LogP contribution is 2.47. The first-order valence-corrected chi connectivity index (χ1v) is 49.0. The zero-order valence-electron chi connectivity index (χ0n) is 77.8. The zero-order valence-corrected chi connectivity index (χ0v) is 77.8. The highest BCUT2D eigenvalue weighted by Gasteiger charge is 2.24. The highest BCUT2D eigenvalue weighted by molar-refractivity contribution is 6.18. The number of nitrogens with zero attached hydrogens (tertiary/aromatic N) is 5. The van der Waals surface area contributed by atoms with Gasteiger partial charge in [-0.05, 0) is 265 Å².